The van der Waals surface area contributed by atoms with Gasteiger partial charge >= 0.3 is 0 Å². The van der Waals surface area contributed by atoms with Crippen molar-refractivity contribution in [2.45, 2.75) is 51.2 Å². The predicted molar refractivity (Wildman–Crippen MR) is 92.0 cm³/mol. The molecule has 0 radical (unpaired) electrons. The number of nitrogens with zero attached hydrogens (tertiary/aromatic N) is 5. The number of hydrogen-bond acceptors (Lipinski definition) is 6. The quantitative estimate of drug-likeness (QED) is 0.847. The second-order valence-corrected chi connectivity index (χ2v) is 7.40. The van der Waals surface area contributed by atoms with Crippen LogP contribution >= 0.6 is 0 Å². The first-order valence-electron chi connectivity index (χ1n) is 9.31. The molecule has 0 saturated carbocycles. The largest absolute Gasteiger partial charge is 0.377 e. The molecule has 2 aliphatic rings. The van der Waals surface area contributed by atoms with Crippen molar-refractivity contribution in [3.05, 3.63) is 29.7 Å². The molecular formula is C18H27N5O2. The zero-order valence-corrected chi connectivity index (χ0v) is 15.1. The van der Waals surface area contributed by atoms with Crippen LogP contribution in [0, 0.1) is 12.8 Å². The maximum Gasteiger partial charge on any atom is 0.232 e. The fraction of sp³-hybridized carbons (Fsp3) is 0.722. The second kappa shape index (κ2) is 7.25. The fourth-order valence-corrected chi connectivity index (χ4v) is 4.25. The van der Waals surface area contributed by atoms with E-state index in [0.29, 0.717) is 11.7 Å². The highest BCUT2D eigenvalue weighted by Gasteiger charge is 2.38. The molecule has 2 aromatic rings. The van der Waals surface area contributed by atoms with Crippen LogP contribution in [0.4, 0.5) is 0 Å². The van der Waals surface area contributed by atoms with Crippen molar-refractivity contribution >= 4 is 0 Å². The van der Waals surface area contributed by atoms with Crippen LogP contribution in [0.3, 0.4) is 0 Å². The number of aromatic nitrogens is 4. The minimum atomic E-state index is 0.217. The fourth-order valence-electron chi connectivity index (χ4n) is 4.25. The molecule has 0 N–H and O–H groups in total. The minimum absolute atomic E-state index is 0.217. The average molecular weight is 345 g/mol. The Labute approximate surface area is 148 Å². The lowest BCUT2D eigenvalue weighted by Gasteiger charge is -2.40. The lowest BCUT2D eigenvalue weighted by Crippen LogP contribution is -2.42. The van der Waals surface area contributed by atoms with Gasteiger partial charge in [0.05, 0.1) is 18.2 Å². The molecule has 0 unspecified atom stereocenters. The number of aryl methyl sites for hydroxylation is 2. The maximum absolute atomic E-state index is 6.19. The average Bonchev–Trinajstić information content (AvgIpc) is 3.24. The Morgan fingerprint density at radius 3 is 2.76 bits per heavy atom. The molecular weight excluding hydrogens is 318 g/mol. The van der Waals surface area contributed by atoms with Gasteiger partial charge in [-0.15, -0.1) is 0 Å². The first kappa shape index (κ1) is 16.7. The number of piperidine rings is 1. The van der Waals surface area contributed by atoms with E-state index in [0.717, 1.165) is 57.8 Å². The van der Waals surface area contributed by atoms with Crippen molar-refractivity contribution in [1.29, 1.82) is 0 Å². The second-order valence-electron chi connectivity index (χ2n) is 7.40. The molecule has 136 valence electrons. The van der Waals surface area contributed by atoms with Crippen LogP contribution in [0.1, 0.15) is 48.9 Å². The first-order chi connectivity index (χ1) is 12.2. The summed E-state index contributed by atoms with van der Waals surface area (Å²) >= 11 is 0. The molecule has 2 atom stereocenters. The molecule has 0 bridgehead atoms. The molecule has 2 aliphatic heterocycles. The summed E-state index contributed by atoms with van der Waals surface area (Å²) in [6.07, 6.45) is 8.76. The molecule has 7 nitrogen and oxygen atoms in total. The third kappa shape index (κ3) is 3.77. The van der Waals surface area contributed by atoms with E-state index >= 15 is 0 Å². The number of ether oxygens (including phenoxy) is 1. The van der Waals surface area contributed by atoms with Crippen molar-refractivity contribution in [1.82, 2.24) is 24.8 Å². The van der Waals surface area contributed by atoms with E-state index in [9.17, 15) is 0 Å². The van der Waals surface area contributed by atoms with Gasteiger partial charge in [0.1, 0.15) is 0 Å². The van der Waals surface area contributed by atoms with E-state index in [1.165, 1.54) is 5.56 Å². The Balaban J connectivity index is 1.37. The van der Waals surface area contributed by atoms with Gasteiger partial charge in [-0.3, -0.25) is 9.58 Å². The van der Waals surface area contributed by atoms with Crippen molar-refractivity contribution in [3.63, 3.8) is 0 Å². The third-order valence-electron chi connectivity index (χ3n) is 5.49. The van der Waals surface area contributed by atoms with Crippen LogP contribution in [0.2, 0.25) is 0 Å². The predicted octanol–water partition coefficient (Wildman–Crippen LogP) is 2.29. The summed E-state index contributed by atoms with van der Waals surface area (Å²) in [5.74, 6) is 2.30. The monoisotopic (exact) mass is 345 g/mol. The van der Waals surface area contributed by atoms with Gasteiger partial charge in [-0.1, -0.05) is 5.16 Å². The first-order valence-corrected chi connectivity index (χ1v) is 9.31. The van der Waals surface area contributed by atoms with Gasteiger partial charge in [-0.25, -0.2) is 0 Å². The van der Waals surface area contributed by atoms with E-state index in [1.54, 1.807) is 0 Å². The lowest BCUT2D eigenvalue weighted by atomic mass is 9.80. The Hall–Kier alpha value is -1.73. The normalized spacial score (nSPS) is 26.2. The Kier molecular flexibility index (Phi) is 4.85. The van der Waals surface area contributed by atoms with Gasteiger partial charge < -0.3 is 9.26 Å². The highest BCUT2D eigenvalue weighted by Crippen LogP contribution is 2.37. The summed E-state index contributed by atoms with van der Waals surface area (Å²) in [5, 5.41) is 8.24. The van der Waals surface area contributed by atoms with Crippen LogP contribution in [0.5, 0.6) is 0 Å². The van der Waals surface area contributed by atoms with Crippen LogP contribution in [-0.2, 0) is 18.3 Å². The number of likely N-dealkylation sites (tertiary alicyclic amines) is 1. The molecule has 0 spiro atoms. The summed E-state index contributed by atoms with van der Waals surface area (Å²) < 4.78 is 13.5. The van der Waals surface area contributed by atoms with Crippen molar-refractivity contribution in [2.75, 3.05) is 19.7 Å². The van der Waals surface area contributed by atoms with Crippen LogP contribution in [0.15, 0.2) is 16.9 Å². The van der Waals surface area contributed by atoms with Gasteiger partial charge in [0.15, 0.2) is 5.82 Å². The SMILES string of the molecule is Cc1noc([C@@H]2CCCO[C@H]2C2CCN(Cc3cnn(C)c3)CC2)n1. The van der Waals surface area contributed by atoms with Crippen molar-refractivity contribution in [2.24, 2.45) is 13.0 Å². The molecule has 7 heteroatoms. The highest BCUT2D eigenvalue weighted by molar-refractivity contribution is 5.04. The molecule has 2 aromatic heterocycles. The molecule has 0 aromatic carbocycles. The van der Waals surface area contributed by atoms with Gasteiger partial charge in [0, 0.05) is 32.0 Å². The van der Waals surface area contributed by atoms with Crippen LogP contribution in [0.25, 0.3) is 0 Å². The highest BCUT2D eigenvalue weighted by atomic mass is 16.5. The lowest BCUT2D eigenvalue weighted by molar-refractivity contribution is -0.0584. The molecule has 2 fully saturated rings. The Morgan fingerprint density at radius 1 is 1.24 bits per heavy atom. The van der Waals surface area contributed by atoms with E-state index in [4.69, 9.17) is 9.26 Å². The molecule has 0 aliphatic carbocycles. The zero-order chi connectivity index (χ0) is 17.2. The van der Waals surface area contributed by atoms with Crippen molar-refractivity contribution < 1.29 is 9.26 Å². The zero-order valence-electron chi connectivity index (χ0n) is 15.1. The summed E-state index contributed by atoms with van der Waals surface area (Å²) in [7, 11) is 1.97. The van der Waals surface area contributed by atoms with Crippen molar-refractivity contribution in [3.8, 4) is 0 Å². The van der Waals surface area contributed by atoms with E-state index in [-0.39, 0.29) is 12.0 Å². The number of rotatable bonds is 4. The van der Waals surface area contributed by atoms with Crippen LogP contribution in [-0.4, -0.2) is 50.6 Å². The van der Waals surface area contributed by atoms with Gasteiger partial charge in [0.25, 0.3) is 0 Å². The molecule has 2 saturated heterocycles. The standard InChI is InChI=1S/C18H27N5O2/c1-13-20-18(25-21-13)16-4-3-9-24-17(16)15-5-7-23(8-6-15)12-14-10-19-22(2)11-14/h10-11,15-17H,3-9,12H2,1-2H3/t16-,17+/m1/s1. The molecule has 25 heavy (non-hydrogen) atoms. The van der Waals surface area contributed by atoms with E-state index in [1.807, 2.05) is 24.9 Å². The molecule has 4 heterocycles. The maximum atomic E-state index is 6.19. The van der Waals surface area contributed by atoms with Crippen LogP contribution < -0.4 is 0 Å². The number of hydrogen-bond donors (Lipinski definition) is 0. The van der Waals surface area contributed by atoms with Gasteiger partial charge in [0.2, 0.25) is 5.89 Å². The van der Waals surface area contributed by atoms with Gasteiger partial charge in [-0.2, -0.15) is 10.1 Å². The minimum Gasteiger partial charge on any atom is -0.377 e. The summed E-state index contributed by atoms with van der Waals surface area (Å²) in [5.41, 5.74) is 1.29. The van der Waals surface area contributed by atoms with E-state index < -0.39 is 0 Å². The molecule has 0 amide bonds. The third-order valence-corrected chi connectivity index (χ3v) is 5.49. The summed E-state index contributed by atoms with van der Waals surface area (Å²) in [4.78, 5) is 6.99. The molecule has 4 rings (SSSR count). The van der Waals surface area contributed by atoms with E-state index in [2.05, 4.69) is 26.3 Å². The summed E-state index contributed by atoms with van der Waals surface area (Å²) in [6.45, 7) is 5.93. The topological polar surface area (TPSA) is 69.2 Å². The Bertz CT molecular complexity index is 689. The Morgan fingerprint density at radius 2 is 2.08 bits per heavy atom. The van der Waals surface area contributed by atoms with Gasteiger partial charge in [-0.05, 0) is 51.6 Å². The summed E-state index contributed by atoms with van der Waals surface area (Å²) in [6, 6.07) is 0. The smallest absolute Gasteiger partial charge is 0.232 e.